The molecule has 5 nitrogen and oxygen atoms in total. The first kappa shape index (κ1) is 16.2. The first-order valence-corrected chi connectivity index (χ1v) is 7.12. The fraction of sp³-hybridized carbons (Fsp3) is 0.250. The average molecular weight is 318 g/mol. The molecule has 2 rings (SSSR count). The molecule has 0 aliphatic heterocycles. The summed E-state index contributed by atoms with van der Waals surface area (Å²) in [6.07, 6.45) is 2.74. The number of aromatic nitrogens is 2. The molecule has 6 heteroatoms. The summed E-state index contributed by atoms with van der Waals surface area (Å²) in [4.78, 5) is 0. The second-order valence-corrected chi connectivity index (χ2v) is 5.32. The van der Waals surface area contributed by atoms with E-state index in [9.17, 15) is 5.11 Å². The van der Waals surface area contributed by atoms with Crippen molar-refractivity contribution >= 4 is 11.6 Å². The lowest BCUT2D eigenvalue weighted by atomic mass is 9.95. The zero-order valence-electron chi connectivity index (χ0n) is 11.9. The molecule has 1 aromatic carbocycles. The highest BCUT2D eigenvalue weighted by Crippen LogP contribution is 2.33. The van der Waals surface area contributed by atoms with Crippen LogP contribution in [0.1, 0.15) is 18.1 Å². The van der Waals surface area contributed by atoms with E-state index in [1.54, 1.807) is 35.3 Å². The summed E-state index contributed by atoms with van der Waals surface area (Å²) in [5.41, 5.74) is 2.50. The fourth-order valence-corrected chi connectivity index (χ4v) is 2.36. The van der Waals surface area contributed by atoms with Gasteiger partial charge in [0.05, 0.1) is 31.5 Å². The van der Waals surface area contributed by atoms with E-state index in [1.807, 2.05) is 6.07 Å². The Balaban J connectivity index is 2.39. The maximum absolute atomic E-state index is 10.3. The van der Waals surface area contributed by atoms with Gasteiger partial charge < -0.3 is 10.2 Å². The van der Waals surface area contributed by atoms with Gasteiger partial charge in [-0.1, -0.05) is 24.2 Å². The summed E-state index contributed by atoms with van der Waals surface area (Å²) in [6.45, 7) is 3.98. The third kappa shape index (κ3) is 3.74. The molecule has 0 fully saturated rings. The average Bonchev–Trinajstić information content (AvgIpc) is 2.95. The van der Waals surface area contributed by atoms with E-state index in [0.717, 1.165) is 11.1 Å². The molecule has 0 amide bonds. The van der Waals surface area contributed by atoms with Crippen LogP contribution in [0.4, 0.5) is 0 Å². The van der Waals surface area contributed by atoms with Gasteiger partial charge in [0, 0.05) is 28.8 Å². The molecule has 0 aliphatic carbocycles. The predicted octanol–water partition coefficient (Wildman–Crippen LogP) is 2.70. The van der Waals surface area contributed by atoms with E-state index in [4.69, 9.17) is 22.0 Å². The van der Waals surface area contributed by atoms with Crippen LogP contribution in [-0.4, -0.2) is 26.6 Å². The van der Waals surface area contributed by atoms with Crippen molar-refractivity contribution in [1.29, 1.82) is 5.26 Å². The second-order valence-electron chi connectivity index (χ2n) is 4.88. The Labute approximate surface area is 133 Å². The highest BCUT2D eigenvalue weighted by atomic mass is 35.5. The van der Waals surface area contributed by atoms with E-state index < -0.39 is 6.10 Å². The normalized spacial score (nSPS) is 11.9. The van der Waals surface area contributed by atoms with Gasteiger partial charge in [-0.25, -0.2) is 0 Å². The van der Waals surface area contributed by atoms with Crippen molar-refractivity contribution in [3.63, 3.8) is 0 Å². The van der Waals surface area contributed by atoms with Gasteiger partial charge >= 0.3 is 0 Å². The predicted molar refractivity (Wildman–Crippen MR) is 84.1 cm³/mol. The number of rotatable bonds is 6. The molecule has 0 spiro atoms. The van der Waals surface area contributed by atoms with Gasteiger partial charge in [-0.2, -0.15) is 10.4 Å². The molecule has 0 aliphatic rings. The molecule has 1 atom stereocenters. The Morgan fingerprint density at radius 1 is 1.50 bits per heavy atom. The zero-order valence-corrected chi connectivity index (χ0v) is 12.7. The van der Waals surface area contributed by atoms with Crippen molar-refractivity contribution in [2.75, 3.05) is 6.61 Å². The quantitative estimate of drug-likeness (QED) is 0.802. The molecular weight excluding hydrogens is 302 g/mol. The highest BCUT2D eigenvalue weighted by molar-refractivity contribution is 6.30. The number of nitriles is 1. The Morgan fingerprint density at radius 2 is 2.27 bits per heavy atom. The summed E-state index contributed by atoms with van der Waals surface area (Å²) in [7, 11) is 0. The van der Waals surface area contributed by atoms with Crippen molar-refractivity contribution in [3.8, 4) is 17.2 Å². The molecule has 1 heterocycles. The number of aliphatic hydroxyl groups is 2. The Bertz CT molecular complexity index is 718. The van der Waals surface area contributed by atoms with Crippen molar-refractivity contribution in [3.05, 3.63) is 53.3 Å². The molecule has 1 aromatic heterocycles. The molecule has 2 N–H and O–H groups in total. The maximum Gasteiger partial charge on any atom is 0.0941 e. The Hall–Kier alpha value is -2.13. The molecule has 114 valence electrons. The number of halogens is 1. The topological polar surface area (TPSA) is 82.1 Å². The third-order valence-electron chi connectivity index (χ3n) is 3.25. The molecule has 0 radical (unpaired) electrons. The number of hydrogen-bond acceptors (Lipinski definition) is 4. The fourth-order valence-electron chi connectivity index (χ4n) is 2.19. The van der Waals surface area contributed by atoms with Gasteiger partial charge in [0.1, 0.15) is 0 Å². The number of hydrogen-bond donors (Lipinski definition) is 2. The SMILES string of the molecule is C=C(C#N)C[C@@H](O)c1ccc(Cl)cc1-c1cnn(CCO)c1. The van der Waals surface area contributed by atoms with Gasteiger partial charge in [0.2, 0.25) is 0 Å². The van der Waals surface area contributed by atoms with Crippen LogP contribution in [-0.2, 0) is 6.54 Å². The minimum atomic E-state index is -0.847. The molecular formula is C16H16ClN3O2. The lowest BCUT2D eigenvalue weighted by Gasteiger charge is -2.14. The zero-order chi connectivity index (χ0) is 16.1. The minimum Gasteiger partial charge on any atom is -0.394 e. The molecule has 22 heavy (non-hydrogen) atoms. The summed E-state index contributed by atoms with van der Waals surface area (Å²) in [5.74, 6) is 0. The third-order valence-corrected chi connectivity index (χ3v) is 3.48. The monoisotopic (exact) mass is 317 g/mol. The lowest BCUT2D eigenvalue weighted by Crippen LogP contribution is -2.02. The van der Waals surface area contributed by atoms with Crippen LogP contribution in [0.3, 0.4) is 0 Å². The van der Waals surface area contributed by atoms with Crippen LogP contribution in [0.2, 0.25) is 5.02 Å². The van der Waals surface area contributed by atoms with Gasteiger partial charge in [-0.3, -0.25) is 4.68 Å². The standard InChI is InChI=1S/C16H16ClN3O2/c1-11(8-18)6-16(22)14-3-2-13(17)7-15(14)12-9-19-20(10-12)4-5-21/h2-3,7,9-10,16,21-22H,1,4-6H2/t16-/m1/s1. The van der Waals surface area contributed by atoms with Crippen LogP contribution < -0.4 is 0 Å². The number of aliphatic hydroxyl groups excluding tert-OH is 2. The summed E-state index contributed by atoms with van der Waals surface area (Å²) in [6, 6.07) is 7.10. The maximum atomic E-state index is 10.3. The van der Waals surface area contributed by atoms with Crippen molar-refractivity contribution in [2.24, 2.45) is 0 Å². The molecule has 0 unspecified atom stereocenters. The van der Waals surface area contributed by atoms with E-state index in [-0.39, 0.29) is 13.0 Å². The van der Waals surface area contributed by atoms with Crippen molar-refractivity contribution in [2.45, 2.75) is 19.1 Å². The van der Waals surface area contributed by atoms with E-state index in [0.29, 0.717) is 22.7 Å². The van der Waals surface area contributed by atoms with Crippen LogP contribution in [0.15, 0.2) is 42.7 Å². The van der Waals surface area contributed by atoms with Crippen LogP contribution in [0, 0.1) is 11.3 Å². The van der Waals surface area contributed by atoms with E-state index >= 15 is 0 Å². The van der Waals surface area contributed by atoms with Crippen LogP contribution in [0.25, 0.3) is 11.1 Å². The van der Waals surface area contributed by atoms with Gasteiger partial charge in [-0.15, -0.1) is 0 Å². The highest BCUT2D eigenvalue weighted by Gasteiger charge is 2.16. The van der Waals surface area contributed by atoms with Crippen molar-refractivity contribution in [1.82, 2.24) is 9.78 Å². The van der Waals surface area contributed by atoms with E-state index in [2.05, 4.69) is 11.7 Å². The van der Waals surface area contributed by atoms with Gasteiger partial charge in [-0.05, 0) is 23.3 Å². The minimum absolute atomic E-state index is 0.00581. The smallest absolute Gasteiger partial charge is 0.0941 e. The second kappa shape index (κ2) is 7.23. The van der Waals surface area contributed by atoms with Gasteiger partial charge in [0.25, 0.3) is 0 Å². The Kier molecular flexibility index (Phi) is 5.34. The lowest BCUT2D eigenvalue weighted by molar-refractivity contribution is 0.180. The summed E-state index contributed by atoms with van der Waals surface area (Å²) in [5, 5.41) is 32.8. The molecule has 0 saturated heterocycles. The first-order valence-electron chi connectivity index (χ1n) is 6.74. The summed E-state index contributed by atoms with van der Waals surface area (Å²) < 4.78 is 1.61. The van der Waals surface area contributed by atoms with E-state index in [1.165, 1.54) is 0 Å². The largest absolute Gasteiger partial charge is 0.394 e. The van der Waals surface area contributed by atoms with Crippen LogP contribution in [0.5, 0.6) is 0 Å². The Morgan fingerprint density at radius 3 is 2.95 bits per heavy atom. The first-order chi connectivity index (χ1) is 10.5. The van der Waals surface area contributed by atoms with Gasteiger partial charge in [0.15, 0.2) is 0 Å². The molecule has 0 bridgehead atoms. The molecule has 0 saturated carbocycles. The number of nitrogens with zero attached hydrogens (tertiary/aromatic N) is 3. The van der Waals surface area contributed by atoms with Crippen LogP contribution >= 0.6 is 11.6 Å². The van der Waals surface area contributed by atoms with Crippen molar-refractivity contribution < 1.29 is 10.2 Å². The summed E-state index contributed by atoms with van der Waals surface area (Å²) >= 11 is 6.05. The molecule has 2 aromatic rings. The number of benzene rings is 1.